The zero-order chi connectivity index (χ0) is 5.82. The van der Waals surface area contributed by atoms with Crippen molar-refractivity contribution < 1.29 is 9.78 Å². The Hall–Kier alpha value is -1.12. The molecule has 1 rings (SSSR count). The second kappa shape index (κ2) is 2.26. The van der Waals surface area contributed by atoms with Crippen LogP contribution in [0.4, 0.5) is 0 Å². The monoisotopic (exact) mass is 113 g/mol. The summed E-state index contributed by atoms with van der Waals surface area (Å²) in [6, 6.07) is 0. The molecule has 0 spiro atoms. The Balaban J connectivity index is 2.50. The molecular weight excluding hydrogens is 106 g/mol. The molecule has 0 fully saturated rings. The number of hydrogen-bond donors (Lipinski definition) is 1. The fraction of sp³-hybridized carbons (Fsp3) is 0.200. The number of nitrogens with one attached hydrogen (secondary N) is 1. The van der Waals surface area contributed by atoms with E-state index in [1.54, 1.807) is 19.2 Å². The van der Waals surface area contributed by atoms with Crippen molar-refractivity contribution in [2.24, 2.45) is 0 Å². The minimum absolute atomic E-state index is 0.618. The van der Waals surface area contributed by atoms with Crippen LogP contribution in [0.5, 0.6) is 0 Å². The molecule has 1 heterocycles. The summed E-state index contributed by atoms with van der Waals surface area (Å²) in [6.07, 6.45) is 4.97. The first-order valence-corrected chi connectivity index (χ1v) is 2.31. The Morgan fingerprint density at radius 2 is 2.50 bits per heavy atom. The predicted octanol–water partition coefficient (Wildman–Crippen LogP) is 0.523. The van der Waals surface area contributed by atoms with Crippen molar-refractivity contribution in [2.45, 2.75) is 0 Å². The van der Waals surface area contributed by atoms with Gasteiger partial charge < -0.3 is 5.32 Å². The summed E-state index contributed by atoms with van der Waals surface area (Å²) >= 11 is 0. The first kappa shape index (κ1) is 5.03. The lowest BCUT2D eigenvalue weighted by atomic mass is 10.5. The summed E-state index contributed by atoms with van der Waals surface area (Å²) in [7, 11) is 1.76. The third-order valence-electron chi connectivity index (χ3n) is 0.766. The van der Waals surface area contributed by atoms with E-state index < -0.39 is 0 Å². The van der Waals surface area contributed by atoms with Crippen molar-refractivity contribution in [3.8, 4) is 0 Å². The molecule has 0 amide bonds. The average Bonchev–Trinajstić information content (AvgIpc) is 1.90. The van der Waals surface area contributed by atoms with Gasteiger partial charge in [-0.15, -0.1) is 0 Å². The van der Waals surface area contributed by atoms with Gasteiger partial charge in [0.1, 0.15) is 6.26 Å². The highest BCUT2D eigenvalue weighted by molar-refractivity contribution is 5.05. The minimum atomic E-state index is 0.618. The molecule has 0 aromatic rings. The molecular formula is C5H7NO2. The maximum atomic E-state index is 4.59. The standard InChI is InChI=1S/C5H7NO2/c1-6-5-3-2-4-7-8-5/h2-4,6H,1H3. The fourth-order valence-corrected chi connectivity index (χ4v) is 0.391. The van der Waals surface area contributed by atoms with Gasteiger partial charge in [0, 0.05) is 13.1 Å². The van der Waals surface area contributed by atoms with Crippen LogP contribution in [0.3, 0.4) is 0 Å². The van der Waals surface area contributed by atoms with Gasteiger partial charge >= 0.3 is 0 Å². The van der Waals surface area contributed by atoms with Gasteiger partial charge in [-0.3, -0.25) is 9.78 Å². The smallest absolute Gasteiger partial charge is 0.243 e. The van der Waals surface area contributed by atoms with E-state index in [1.165, 1.54) is 6.26 Å². The van der Waals surface area contributed by atoms with Crippen LogP contribution < -0.4 is 5.32 Å². The molecule has 0 radical (unpaired) electrons. The van der Waals surface area contributed by atoms with Gasteiger partial charge in [-0.05, 0) is 6.08 Å². The molecule has 0 bridgehead atoms. The molecule has 8 heavy (non-hydrogen) atoms. The zero-order valence-corrected chi connectivity index (χ0v) is 4.55. The van der Waals surface area contributed by atoms with Crippen LogP contribution in [-0.2, 0) is 9.78 Å². The summed E-state index contributed by atoms with van der Waals surface area (Å²) in [5.41, 5.74) is 0. The van der Waals surface area contributed by atoms with Crippen molar-refractivity contribution in [1.29, 1.82) is 0 Å². The van der Waals surface area contributed by atoms with Crippen LogP contribution in [0, 0.1) is 0 Å². The Labute approximate surface area is 47.5 Å². The average molecular weight is 113 g/mol. The molecule has 44 valence electrons. The molecule has 0 aliphatic carbocycles. The highest BCUT2D eigenvalue weighted by Gasteiger charge is 1.94. The molecule has 3 nitrogen and oxygen atoms in total. The first-order valence-electron chi connectivity index (χ1n) is 2.31. The van der Waals surface area contributed by atoms with E-state index in [1.807, 2.05) is 0 Å². The third-order valence-corrected chi connectivity index (χ3v) is 0.766. The molecule has 1 N–H and O–H groups in total. The van der Waals surface area contributed by atoms with E-state index in [0.717, 1.165) is 0 Å². The topological polar surface area (TPSA) is 30.5 Å². The van der Waals surface area contributed by atoms with Crippen LogP contribution >= 0.6 is 0 Å². The Bertz CT molecular complexity index is 128. The van der Waals surface area contributed by atoms with Crippen LogP contribution in [-0.4, -0.2) is 7.05 Å². The van der Waals surface area contributed by atoms with E-state index in [-0.39, 0.29) is 0 Å². The van der Waals surface area contributed by atoms with E-state index in [0.29, 0.717) is 5.88 Å². The molecule has 0 unspecified atom stereocenters. The van der Waals surface area contributed by atoms with Crippen LogP contribution in [0.1, 0.15) is 0 Å². The number of rotatable bonds is 1. The summed E-state index contributed by atoms with van der Waals surface area (Å²) in [5.74, 6) is 0.618. The lowest BCUT2D eigenvalue weighted by Gasteiger charge is -2.06. The molecule has 0 saturated heterocycles. The van der Waals surface area contributed by atoms with E-state index in [2.05, 4.69) is 15.1 Å². The van der Waals surface area contributed by atoms with E-state index >= 15 is 0 Å². The second-order valence-electron chi connectivity index (χ2n) is 1.29. The molecule has 1 aliphatic heterocycles. The third kappa shape index (κ3) is 0.932. The summed E-state index contributed by atoms with van der Waals surface area (Å²) in [4.78, 5) is 9.05. The lowest BCUT2D eigenvalue weighted by Crippen LogP contribution is -2.09. The maximum Gasteiger partial charge on any atom is 0.243 e. The van der Waals surface area contributed by atoms with Crippen molar-refractivity contribution in [1.82, 2.24) is 5.32 Å². The van der Waals surface area contributed by atoms with Gasteiger partial charge in [0.25, 0.3) is 0 Å². The highest BCUT2D eigenvalue weighted by atomic mass is 17.2. The molecule has 0 atom stereocenters. The minimum Gasteiger partial charge on any atom is -0.356 e. The molecule has 3 heteroatoms. The van der Waals surface area contributed by atoms with Gasteiger partial charge in [-0.1, -0.05) is 0 Å². The fourth-order valence-electron chi connectivity index (χ4n) is 0.391. The van der Waals surface area contributed by atoms with Gasteiger partial charge in [0.05, 0.1) is 0 Å². The molecule has 0 aromatic carbocycles. The number of hydrogen-bond acceptors (Lipinski definition) is 3. The number of allylic oxidation sites excluding steroid dienone is 2. The Kier molecular flexibility index (Phi) is 1.42. The second-order valence-corrected chi connectivity index (χ2v) is 1.29. The SMILES string of the molecule is CNC1=CC=COO1. The Morgan fingerprint density at radius 1 is 1.62 bits per heavy atom. The summed E-state index contributed by atoms with van der Waals surface area (Å²) in [6.45, 7) is 0. The van der Waals surface area contributed by atoms with Gasteiger partial charge in [-0.2, -0.15) is 0 Å². The largest absolute Gasteiger partial charge is 0.356 e. The molecule has 0 saturated carbocycles. The van der Waals surface area contributed by atoms with E-state index in [9.17, 15) is 0 Å². The molecule has 0 aromatic heterocycles. The van der Waals surface area contributed by atoms with Crippen LogP contribution in [0.25, 0.3) is 0 Å². The highest BCUT2D eigenvalue weighted by Crippen LogP contribution is 1.99. The first-order chi connectivity index (χ1) is 3.93. The van der Waals surface area contributed by atoms with E-state index in [4.69, 9.17) is 0 Å². The maximum absolute atomic E-state index is 4.59. The normalized spacial score (nSPS) is 15.9. The van der Waals surface area contributed by atoms with Crippen LogP contribution in [0.2, 0.25) is 0 Å². The van der Waals surface area contributed by atoms with Gasteiger partial charge in [0.15, 0.2) is 0 Å². The lowest BCUT2D eigenvalue weighted by molar-refractivity contribution is -0.219. The summed E-state index contributed by atoms with van der Waals surface area (Å²) < 4.78 is 0. The quantitative estimate of drug-likeness (QED) is 0.503. The van der Waals surface area contributed by atoms with Gasteiger partial charge in [0.2, 0.25) is 5.88 Å². The summed E-state index contributed by atoms with van der Waals surface area (Å²) in [5, 5.41) is 2.77. The molecule has 1 aliphatic rings. The predicted molar refractivity (Wildman–Crippen MR) is 28.5 cm³/mol. The Morgan fingerprint density at radius 3 is 2.88 bits per heavy atom. The van der Waals surface area contributed by atoms with Crippen molar-refractivity contribution >= 4 is 0 Å². The van der Waals surface area contributed by atoms with Crippen molar-refractivity contribution in [3.05, 3.63) is 24.3 Å². The van der Waals surface area contributed by atoms with Gasteiger partial charge in [-0.25, -0.2) is 0 Å². The van der Waals surface area contributed by atoms with Crippen molar-refractivity contribution in [3.63, 3.8) is 0 Å². The van der Waals surface area contributed by atoms with Crippen LogP contribution in [0.15, 0.2) is 24.3 Å². The van der Waals surface area contributed by atoms with Crippen molar-refractivity contribution in [2.75, 3.05) is 7.05 Å². The zero-order valence-electron chi connectivity index (χ0n) is 4.55.